The Hall–Kier alpha value is -3.68. The maximum atomic E-state index is 12.5. The van der Waals surface area contributed by atoms with Crippen molar-refractivity contribution in [1.82, 2.24) is 4.90 Å². The predicted molar refractivity (Wildman–Crippen MR) is 155 cm³/mol. The molecular formula is C32H33ClN2O4. The Morgan fingerprint density at radius 3 is 2.23 bits per heavy atom. The number of ether oxygens (including phenoxy) is 1. The molecule has 6 nitrogen and oxygen atoms in total. The van der Waals surface area contributed by atoms with Gasteiger partial charge in [-0.25, -0.2) is 0 Å². The quantitative estimate of drug-likeness (QED) is 0.209. The molecule has 2 atom stereocenters. The third kappa shape index (κ3) is 8.94. The second-order valence-corrected chi connectivity index (χ2v) is 9.83. The number of halogens is 1. The van der Waals surface area contributed by atoms with Gasteiger partial charge in [0.25, 0.3) is 5.91 Å². The number of nitrogens with zero attached hydrogens (tertiary/aromatic N) is 1. The lowest BCUT2D eigenvalue weighted by Crippen LogP contribution is -2.44. The Kier molecular flexibility index (Phi) is 10.5. The Labute approximate surface area is 234 Å². The first kappa shape index (κ1) is 28.3. The molecule has 0 heterocycles. The molecule has 0 aliphatic heterocycles. The van der Waals surface area contributed by atoms with Crippen molar-refractivity contribution in [3.05, 3.63) is 131 Å². The molecule has 0 aliphatic rings. The van der Waals surface area contributed by atoms with Gasteiger partial charge in [0.1, 0.15) is 18.5 Å². The number of amides is 1. The number of hydrogen-bond acceptors (Lipinski definition) is 5. The first-order valence-corrected chi connectivity index (χ1v) is 13.3. The third-order valence-electron chi connectivity index (χ3n) is 6.36. The summed E-state index contributed by atoms with van der Waals surface area (Å²) in [5.41, 5.74) is 3.24. The number of rotatable bonds is 13. The molecule has 4 aromatic carbocycles. The first-order chi connectivity index (χ1) is 19.0. The van der Waals surface area contributed by atoms with E-state index in [-0.39, 0.29) is 25.2 Å². The summed E-state index contributed by atoms with van der Waals surface area (Å²) in [6.45, 7) is 0.976. The number of aliphatic hydroxyl groups excluding tert-OH is 2. The molecule has 2 unspecified atom stereocenters. The van der Waals surface area contributed by atoms with Gasteiger partial charge in [-0.15, -0.1) is 0 Å². The number of benzene rings is 4. The van der Waals surface area contributed by atoms with E-state index in [2.05, 4.69) is 10.2 Å². The van der Waals surface area contributed by atoms with Crippen LogP contribution in [0.3, 0.4) is 0 Å². The number of nitrogens with one attached hydrogen (secondary N) is 1. The van der Waals surface area contributed by atoms with E-state index in [1.807, 2.05) is 84.9 Å². The second-order valence-electron chi connectivity index (χ2n) is 9.39. The summed E-state index contributed by atoms with van der Waals surface area (Å²) in [5.74, 6) is 0.464. The summed E-state index contributed by atoms with van der Waals surface area (Å²) in [6.07, 6.45) is -0.176. The van der Waals surface area contributed by atoms with E-state index in [4.69, 9.17) is 16.3 Å². The largest absolute Gasteiger partial charge is 0.491 e. The van der Waals surface area contributed by atoms with Gasteiger partial charge in [0, 0.05) is 35.4 Å². The molecule has 4 aromatic rings. The molecule has 0 fully saturated rings. The van der Waals surface area contributed by atoms with Crippen molar-refractivity contribution in [3.63, 3.8) is 0 Å². The Morgan fingerprint density at radius 2 is 1.56 bits per heavy atom. The minimum Gasteiger partial charge on any atom is -0.491 e. The highest BCUT2D eigenvalue weighted by atomic mass is 35.5. The van der Waals surface area contributed by atoms with Crippen LogP contribution in [-0.2, 0) is 13.0 Å². The molecule has 0 saturated heterocycles. The van der Waals surface area contributed by atoms with Crippen molar-refractivity contribution >= 4 is 23.2 Å². The number of carbonyl (C=O) groups excluding carboxylic acids is 1. The third-order valence-corrected chi connectivity index (χ3v) is 6.59. The van der Waals surface area contributed by atoms with Gasteiger partial charge in [-0.2, -0.15) is 0 Å². The number of carbonyl (C=O) groups is 1. The standard InChI is InChI=1S/C32H33ClN2O4/c33-27-11-7-10-26(19-27)32(38)34-28-16-14-24(15-17-28)18-29(22-36)35(20-25-8-3-1-4-9-25)21-30(37)23-39-31-12-5-2-6-13-31/h1-17,19,29-30,36-37H,18,20-23H2,(H,34,38). The first-order valence-electron chi connectivity index (χ1n) is 12.9. The highest BCUT2D eigenvalue weighted by Crippen LogP contribution is 2.18. The zero-order valence-electron chi connectivity index (χ0n) is 21.6. The fraction of sp³-hybridized carbons (Fsp3) is 0.219. The monoisotopic (exact) mass is 544 g/mol. The smallest absolute Gasteiger partial charge is 0.255 e. The predicted octanol–water partition coefficient (Wildman–Crippen LogP) is 5.44. The highest BCUT2D eigenvalue weighted by Gasteiger charge is 2.22. The lowest BCUT2D eigenvalue weighted by molar-refractivity contribution is 0.0335. The highest BCUT2D eigenvalue weighted by molar-refractivity contribution is 6.31. The normalized spacial score (nSPS) is 12.6. The molecule has 0 bridgehead atoms. The molecule has 0 aromatic heterocycles. The van der Waals surface area contributed by atoms with E-state index >= 15 is 0 Å². The zero-order valence-corrected chi connectivity index (χ0v) is 22.4. The van der Waals surface area contributed by atoms with Crippen LogP contribution < -0.4 is 10.1 Å². The maximum Gasteiger partial charge on any atom is 0.255 e. The van der Waals surface area contributed by atoms with Gasteiger partial charge in [0.15, 0.2) is 0 Å². The van der Waals surface area contributed by atoms with Crippen molar-refractivity contribution < 1.29 is 19.7 Å². The molecule has 0 saturated carbocycles. The topological polar surface area (TPSA) is 82.0 Å². The van der Waals surface area contributed by atoms with E-state index in [0.717, 1.165) is 11.1 Å². The minimum atomic E-state index is -0.743. The van der Waals surface area contributed by atoms with E-state index in [9.17, 15) is 15.0 Å². The lowest BCUT2D eigenvalue weighted by atomic mass is 10.0. The average molecular weight is 545 g/mol. The number of hydrogen-bond donors (Lipinski definition) is 3. The Balaban J connectivity index is 1.41. The van der Waals surface area contributed by atoms with Crippen molar-refractivity contribution in [2.75, 3.05) is 25.1 Å². The van der Waals surface area contributed by atoms with Crippen LogP contribution in [0.1, 0.15) is 21.5 Å². The minimum absolute atomic E-state index is 0.0770. The SMILES string of the molecule is O=C(Nc1ccc(CC(CO)N(Cc2ccccc2)CC(O)COc2ccccc2)cc1)c1cccc(Cl)c1. The fourth-order valence-corrected chi connectivity index (χ4v) is 4.52. The van der Waals surface area contributed by atoms with E-state index in [1.54, 1.807) is 24.3 Å². The van der Waals surface area contributed by atoms with Gasteiger partial charge in [0.05, 0.1) is 6.61 Å². The summed E-state index contributed by atoms with van der Waals surface area (Å²) in [7, 11) is 0. The summed E-state index contributed by atoms with van der Waals surface area (Å²) < 4.78 is 5.75. The summed E-state index contributed by atoms with van der Waals surface area (Å²) in [6, 6.07) is 33.5. The summed E-state index contributed by atoms with van der Waals surface area (Å²) in [4.78, 5) is 14.6. The van der Waals surface area contributed by atoms with Gasteiger partial charge < -0.3 is 20.3 Å². The second kappa shape index (κ2) is 14.5. The van der Waals surface area contributed by atoms with Crippen LogP contribution in [0.5, 0.6) is 5.75 Å². The van der Waals surface area contributed by atoms with Gasteiger partial charge >= 0.3 is 0 Å². The molecule has 3 N–H and O–H groups in total. The van der Waals surface area contributed by atoms with Crippen LogP contribution in [0.4, 0.5) is 5.69 Å². The van der Waals surface area contributed by atoms with Gasteiger partial charge in [-0.05, 0) is 60.0 Å². The summed E-state index contributed by atoms with van der Waals surface area (Å²) >= 11 is 6.00. The van der Waals surface area contributed by atoms with Crippen LogP contribution in [0.15, 0.2) is 109 Å². The van der Waals surface area contributed by atoms with Crippen molar-refractivity contribution in [3.8, 4) is 5.75 Å². The van der Waals surface area contributed by atoms with E-state index in [0.29, 0.717) is 41.5 Å². The van der Waals surface area contributed by atoms with Gasteiger partial charge in [-0.3, -0.25) is 9.69 Å². The van der Waals surface area contributed by atoms with Crippen LogP contribution >= 0.6 is 11.6 Å². The fourth-order valence-electron chi connectivity index (χ4n) is 4.33. The molecule has 7 heteroatoms. The zero-order chi connectivity index (χ0) is 27.5. The molecule has 0 spiro atoms. The number of anilines is 1. The average Bonchev–Trinajstić information content (AvgIpc) is 2.96. The van der Waals surface area contributed by atoms with Gasteiger partial charge in [0.2, 0.25) is 0 Å². The molecule has 39 heavy (non-hydrogen) atoms. The van der Waals surface area contributed by atoms with Crippen molar-refractivity contribution in [1.29, 1.82) is 0 Å². The number of aliphatic hydroxyl groups is 2. The lowest BCUT2D eigenvalue weighted by Gasteiger charge is -2.32. The molecule has 202 valence electrons. The van der Waals surface area contributed by atoms with Gasteiger partial charge in [-0.1, -0.05) is 78.3 Å². The van der Waals surface area contributed by atoms with Crippen molar-refractivity contribution in [2.24, 2.45) is 0 Å². The molecular weight excluding hydrogens is 512 g/mol. The molecule has 1 amide bonds. The summed E-state index contributed by atoms with van der Waals surface area (Å²) in [5, 5.41) is 24.5. The Morgan fingerprint density at radius 1 is 0.872 bits per heavy atom. The van der Waals surface area contributed by atoms with Crippen LogP contribution in [0.25, 0.3) is 0 Å². The van der Waals surface area contributed by atoms with Crippen LogP contribution in [-0.4, -0.2) is 52.9 Å². The molecule has 0 aliphatic carbocycles. The van der Waals surface area contributed by atoms with E-state index in [1.165, 1.54) is 0 Å². The van der Waals surface area contributed by atoms with E-state index < -0.39 is 6.10 Å². The van der Waals surface area contributed by atoms with Crippen molar-refractivity contribution in [2.45, 2.75) is 25.1 Å². The van der Waals surface area contributed by atoms with Crippen LogP contribution in [0, 0.1) is 0 Å². The maximum absolute atomic E-state index is 12.5. The molecule has 4 rings (SSSR count). The Bertz CT molecular complexity index is 1300. The molecule has 0 radical (unpaired) electrons. The van der Waals surface area contributed by atoms with Crippen LogP contribution in [0.2, 0.25) is 5.02 Å². The number of para-hydroxylation sites is 1.